The summed E-state index contributed by atoms with van der Waals surface area (Å²) in [5.74, 6) is -0.0743. The lowest BCUT2D eigenvalue weighted by Crippen LogP contribution is -2.38. The molecule has 6 heteroatoms. The van der Waals surface area contributed by atoms with Gasteiger partial charge in [-0.2, -0.15) is 0 Å². The van der Waals surface area contributed by atoms with E-state index >= 15 is 0 Å². The van der Waals surface area contributed by atoms with Gasteiger partial charge in [0.25, 0.3) is 0 Å². The molecule has 0 saturated carbocycles. The number of carbonyl (C=O) groups is 1. The molecule has 0 radical (unpaired) electrons. The number of rotatable bonds is 8. The zero-order valence-electron chi connectivity index (χ0n) is 13.0. The van der Waals surface area contributed by atoms with Gasteiger partial charge in [-0.3, -0.25) is 9.69 Å². The third kappa shape index (κ3) is 6.80. The van der Waals surface area contributed by atoms with Gasteiger partial charge in [0.15, 0.2) is 0 Å². The van der Waals surface area contributed by atoms with Crippen molar-refractivity contribution < 1.29 is 4.79 Å². The van der Waals surface area contributed by atoms with Crippen LogP contribution in [0.4, 0.5) is 11.4 Å². The first-order valence-electron chi connectivity index (χ1n) is 7.14. The number of hydrogen-bond donors (Lipinski definition) is 2. The van der Waals surface area contributed by atoms with Gasteiger partial charge < -0.3 is 16.0 Å². The Kier molecular flexibility index (Phi) is 7.50. The van der Waals surface area contributed by atoms with Crippen LogP contribution < -0.4 is 11.1 Å². The third-order valence-electron chi connectivity index (χ3n) is 3.03. The minimum absolute atomic E-state index is 0.0743. The number of anilines is 2. The maximum atomic E-state index is 12.1. The first-order chi connectivity index (χ1) is 9.92. The second kappa shape index (κ2) is 8.87. The number of halogens is 1. The summed E-state index contributed by atoms with van der Waals surface area (Å²) < 4.78 is 0. The summed E-state index contributed by atoms with van der Waals surface area (Å²) in [6.45, 7) is 5.14. The lowest BCUT2D eigenvalue weighted by molar-refractivity contribution is -0.117. The van der Waals surface area contributed by atoms with Crippen molar-refractivity contribution in [1.29, 1.82) is 0 Å². The van der Waals surface area contributed by atoms with Crippen LogP contribution in [0.2, 0.25) is 5.02 Å². The summed E-state index contributed by atoms with van der Waals surface area (Å²) in [6, 6.07) is 5.06. The van der Waals surface area contributed by atoms with Crippen molar-refractivity contribution in [1.82, 2.24) is 9.80 Å². The van der Waals surface area contributed by atoms with Crippen molar-refractivity contribution in [2.45, 2.75) is 13.3 Å². The van der Waals surface area contributed by atoms with Gasteiger partial charge in [-0.15, -0.1) is 0 Å². The summed E-state index contributed by atoms with van der Waals surface area (Å²) in [5, 5.41) is 3.31. The van der Waals surface area contributed by atoms with Crippen LogP contribution in [0.5, 0.6) is 0 Å². The predicted octanol–water partition coefficient (Wildman–Crippen LogP) is 2.13. The van der Waals surface area contributed by atoms with Gasteiger partial charge in [-0.05, 0) is 45.3 Å². The molecule has 0 aliphatic rings. The minimum atomic E-state index is -0.0743. The Balaban J connectivity index is 2.58. The van der Waals surface area contributed by atoms with Gasteiger partial charge in [0.05, 0.1) is 17.3 Å². The van der Waals surface area contributed by atoms with Crippen LogP contribution in [0.1, 0.15) is 13.3 Å². The van der Waals surface area contributed by atoms with E-state index in [1.807, 2.05) is 14.1 Å². The number of nitrogens with zero attached hydrogens (tertiary/aromatic N) is 2. The lowest BCUT2D eigenvalue weighted by atomic mass is 10.2. The number of benzene rings is 1. The molecule has 1 rings (SSSR count). The molecule has 0 saturated heterocycles. The molecule has 0 aromatic heterocycles. The Hall–Kier alpha value is -1.30. The number of nitrogen functional groups attached to an aromatic ring is 1. The van der Waals surface area contributed by atoms with Crippen LogP contribution in [-0.4, -0.2) is 56.0 Å². The molecule has 1 aromatic carbocycles. The van der Waals surface area contributed by atoms with Crippen molar-refractivity contribution in [3.05, 3.63) is 23.2 Å². The fourth-order valence-corrected chi connectivity index (χ4v) is 2.12. The average molecular weight is 313 g/mol. The van der Waals surface area contributed by atoms with Crippen molar-refractivity contribution in [3.8, 4) is 0 Å². The van der Waals surface area contributed by atoms with Crippen LogP contribution >= 0.6 is 11.6 Å². The van der Waals surface area contributed by atoms with Crippen LogP contribution in [0.3, 0.4) is 0 Å². The number of carbonyl (C=O) groups excluding carboxylic acids is 1. The van der Waals surface area contributed by atoms with Gasteiger partial charge >= 0.3 is 0 Å². The molecular formula is C15H25ClN4O. The van der Waals surface area contributed by atoms with E-state index in [1.54, 1.807) is 18.2 Å². The number of likely N-dealkylation sites (N-methyl/N-ethyl adjacent to an activating group) is 1. The highest BCUT2D eigenvalue weighted by Gasteiger charge is 2.12. The molecule has 0 spiro atoms. The Bertz CT molecular complexity index is 465. The second-order valence-electron chi connectivity index (χ2n) is 5.37. The summed E-state index contributed by atoms with van der Waals surface area (Å²) in [7, 11) is 4.05. The van der Waals surface area contributed by atoms with Crippen LogP contribution in [-0.2, 0) is 4.79 Å². The Morgan fingerprint density at radius 3 is 2.62 bits per heavy atom. The lowest BCUT2D eigenvalue weighted by Gasteiger charge is -2.23. The molecule has 0 aliphatic heterocycles. The molecule has 0 unspecified atom stereocenters. The predicted molar refractivity (Wildman–Crippen MR) is 89.8 cm³/mol. The van der Waals surface area contributed by atoms with Crippen molar-refractivity contribution >= 4 is 28.9 Å². The molecule has 118 valence electrons. The van der Waals surface area contributed by atoms with Crippen molar-refractivity contribution in [3.63, 3.8) is 0 Å². The quantitative estimate of drug-likeness (QED) is 0.722. The Labute approximate surface area is 132 Å². The van der Waals surface area contributed by atoms with E-state index in [1.165, 1.54) is 0 Å². The van der Waals surface area contributed by atoms with Gasteiger partial charge in [-0.25, -0.2) is 0 Å². The van der Waals surface area contributed by atoms with Crippen molar-refractivity contribution in [2.75, 3.05) is 51.3 Å². The maximum Gasteiger partial charge on any atom is 0.238 e. The van der Waals surface area contributed by atoms with Crippen molar-refractivity contribution in [2.24, 2.45) is 0 Å². The molecule has 5 nitrogen and oxygen atoms in total. The Morgan fingerprint density at radius 1 is 1.29 bits per heavy atom. The molecular weight excluding hydrogens is 288 g/mol. The SMILES string of the molecule is CCCN(CCN(C)C)CC(=O)Nc1cc(N)ccc1Cl. The molecule has 1 aromatic rings. The zero-order valence-corrected chi connectivity index (χ0v) is 13.8. The van der Waals surface area contributed by atoms with E-state index in [0.717, 1.165) is 26.1 Å². The summed E-state index contributed by atoms with van der Waals surface area (Å²) in [6.07, 6.45) is 1.01. The first-order valence-corrected chi connectivity index (χ1v) is 7.52. The average Bonchev–Trinajstić information content (AvgIpc) is 2.40. The van der Waals surface area contributed by atoms with Gasteiger partial charge in [-0.1, -0.05) is 18.5 Å². The zero-order chi connectivity index (χ0) is 15.8. The standard InChI is InChI=1S/C15H25ClN4O/c1-4-7-20(9-8-19(2)3)11-15(21)18-14-10-12(17)5-6-13(14)16/h5-6,10H,4,7-9,11,17H2,1-3H3,(H,18,21). The van der Waals surface area contributed by atoms with Crippen LogP contribution in [0.25, 0.3) is 0 Å². The van der Waals surface area contributed by atoms with E-state index in [0.29, 0.717) is 22.9 Å². The van der Waals surface area contributed by atoms with E-state index in [9.17, 15) is 4.79 Å². The van der Waals surface area contributed by atoms with Gasteiger partial charge in [0.2, 0.25) is 5.91 Å². The first kappa shape index (κ1) is 17.8. The Morgan fingerprint density at radius 2 is 2.00 bits per heavy atom. The largest absolute Gasteiger partial charge is 0.399 e. The van der Waals surface area contributed by atoms with Gasteiger partial charge in [0, 0.05) is 18.8 Å². The molecule has 0 fully saturated rings. The molecule has 0 bridgehead atoms. The van der Waals surface area contributed by atoms with Crippen LogP contribution in [0.15, 0.2) is 18.2 Å². The molecule has 0 heterocycles. The monoisotopic (exact) mass is 312 g/mol. The van der Waals surface area contributed by atoms with Gasteiger partial charge in [0.1, 0.15) is 0 Å². The van der Waals surface area contributed by atoms with E-state index in [-0.39, 0.29) is 5.91 Å². The second-order valence-corrected chi connectivity index (χ2v) is 5.77. The normalized spacial score (nSPS) is 11.1. The number of nitrogens with one attached hydrogen (secondary N) is 1. The highest BCUT2D eigenvalue weighted by Crippen LogP contribution is 2.23. The fourth-order valence-electron chi connectivity index (χ4n) is 1.96. The number of hydrogen-bond acceptors (Lipinski definition) is 4. The summed E-state index contributed by atoms with van der Waals surface area (Å²) in [4.78, 5) is 16.4. The number of nitrogens with two attached hydrogens (primary N) is 1. The summed E-state index contributed by atoms with van der Waals surface area (Å²) >= 11 is 6.05. The molecule has 3 N–H and O–H groups in total. The van der Waals surface area contributed by atoms with Crippen LogP contribution in [0, 0.1) is 0 Å². The third-order valence-corrected chi connectivity index (χ3v) is 3.36. The molecule has 0 atom stereocenters. The maximum absolute atomic E-state index is 12.1. The van der Waals surface area contributed by atoms with E-state index in [4.69, 9.17) is 17.3 Å². The topological polar surface area (TPSA) is 61.6 Å². The van der Waals surface area contributed by atoms with E-state index < -0.39 is 0 Å². The summed E-state index contributed by atoms with van der Waals surface area (Å²) in [5.41, 5.74) is 6.84. The number of amides is 1. The fraction of sp³-hybridized carbons (Fsp3) is 0.533. The molecule has 21 heavy (non-hydrogen) atoms. The highest BCUT2D eigenvalue weighted by molar-refractivity contribution is 6.33. The highest BCUT2D eigenvalue weighted by atomic mass is 35.5. The molecule has 0 aliphatic carbocycles. The smallest absolute Gasteiger partial charge is 0.238 e. The molecule has 1 amide bonds. The minimum Gasteiger partial charge on any atom is -0.399 e. The van der Waals surface area contributed by atoms with E-state index in [2.05, 4.69) is 22.0 Å².